The van der Waals surface area contributed by atoms with E-state index in [4.69, 9.17) is 9.47 Å². The average molecular weight is 402 g/mol. The normalized spacial score (nSPS) is 11.1. The lowest BCUT2D eigenvalue weighted by Crippen LogP contribution is -2.20. The van der Waals surface area contributed by atoms with Gasteiger partial charge >= 0.3 is 0 Å². The second-order valence-corrected chi connectivity index (χ2v) is 6.27. The molecule has 0 radical (unpaired) electrons. The number of aromatic nitrogens is 3. The van der Waals surface area contributed by atoms with Gasteiger partial charge in [-0.25, -0.2) is 19.5 Å². The predicted molar refractivity (Wildman–Crippen MR) is 114 cm³/mol. The van der Waals surface area contributed by atoms with E-state index in [-0.39, 0.29) is 11.8 Å². The van der Waals surface area contributed by atoms with Crippen molar-refractivity contribution in [1.82, 2.24) is 14.5 Å². The van der Waals surface area contributed by atoms with Crippen molar-refractivity contribution in [2.75, 3.05) is 14.2 Å². The van der Waals surface area contributed by atoms with Crippen molar-refractivity contribution >= 4 is 22.9 Å². The summed E-state index contributed by atoms with van der Waals surface area (Å²) in [6.45, 7) is 0. The number of pyridine rings is 1. The van der Waals surface area contributed by atoms with Crippen molar-refractivity contribution < 1.29 is 14.6 Å². The van der Waals surface area contributed by atoms with Crippen LogP contribution in [0.15, 0.2) is 70.7 Å². The van der Waals surface area contributed by atoms with Crippen LogP contribution in [0.1, 0.15) is 5.56 Å². The molecule has 0 fully saturated rings. The minimum atomic E-state index is -0.400. The lowest BCUT2D eigenvalue weighted by molar-refractivity contribution is 0.395. The molecule has 0 amide bonds. The first kappa shape index (κ1) is 19.1. The first-order valence-electron chi connectivity index (χ1n) is 9.04. The van der Waals surface area contributed by atoms with Crippen molar-refractivity contribution in [2.24, 2.45) is 4.99 Å². The number of aromatic hydroxyl groups is 1. The van der Waals surface area contributed by atoms with Crippen molar-refractivity contribution in [2.45, 2.75) is 0 Å². The highest BCUT2D eigenvalue weighted by Crippen LogP contribution is 2.32. The van der Waals surface area contributed by atoms with Gasteiger partial charge in [0.1, 0.15) is 11.5 Å². The Kier molecular flexibility index (Phi) is 5.13. The van der Waals surface area contributed by atoms with Gasteiger partial charge < -0.3 is 14.6 Å². The maximum atomic E-state index is 13.3. The molecule has 0 bridgehead atoms. The molecule has 8 heteroatoms. The van der Waals surface area contributed by atoms with Crippen LogP contribution in [-0.4, -0.2) is 40.1 Å². The molecule has 2 aromatic heterocycles. The van der Waals surface area contributed by atoms with Crippen LogP contribution in [0.5, 0.6) is 17.4 Å². The van der Waals surface area contributed by atoms with E-state index >= 15 is 0 Å². The second-order valence-electron chi connectivity index (χ2n) is 6.27. The quantitative estimate of drug-likeness (QED) is 0.515. The highest BCUT2D eigenvalue weighted by atomic mass is 16.5. The van der Waals surface area contributed by atoms with Crippen molar-refractivity contribution in [3.05, 3.63) is 76.8 Å². The maximum Gasteiger partial charge on any atom is 0.265 e. The smallest absolute Gasteiger partial charge is 0.265 e. The zero-order valence-corrected chi connectivity index (χ0v) is 16.3. The summed E-state index contributed by atoms with van der Waals surface area (Å²) in [6, 6.07) is 13.7. The SMILES string of the molecule is COc1ccc(OC)c(-n2c(O)c(/C=N/c3ncccn3)c3ccccc3c2=O)c1. The molecule has 0 unspecified atom stereocenters. The Bertz CT molecular complexity index is 1300. The van der Waals surface area contributed by atoms with Gasteiger partial charge in [-0.05, 0) is 24.3 Å². The Morgan fingerprint density at radius 1 is 1.00 bits per heavy atom. The summed E-state index contributed by atoms with van der Waals surface area (Å²) in [5, 5.41) is 12.1. The zero-order chi connectivity index (χ0) is 21.1. The van der Waals surface area contributed by atoms with E-state index in [9.17, 15) is 9.90 Å². The van der Waals surface area contributed by atoms with Crippen LogP contribution in [0.25, 0.3) is 16.5 Å². The van der Waals surface area contributed by atoms with Gasteiger partial charge in [0.2, 0.25) is 11.8 Å². The van der Waals surface area contributed by atoms with Crippen molar-refractivity contribution in [3.63, 3.8) is 0 Å². The van der Waals surface area contributed by atoms with Gasteiger partial charge in [0.25, 0.3) is 5.56 Å². The lowest BCUT2D eigenvalue weighted by atomic mass is 10.1. The summed E-state index contributed by atoms with van der Waals surface area (Å²) in [7, 11) is 3.01. The first-order chi connectivity index (χ1) is 14.6. The lowest BCUT2D eigenvalue weighted by Gasteiger charge is -2.16. The molecule has 2 aromatic carbocycles. The maximum absolute atomic E-state index is 13.3. The molecule has 2 heterocycles. The highest BCUT2D eigenvalue weighted by molar-refractivity contribution is 6.02. The fraction of sp³-hybridized carbons (Fsp3) is 0.0909. The summed E-state index contributed by atoms with van der Waals surface area (Å²) in [4.78, 5) is 25.6. The molecule has 0 saturated heterocycles. The van der Waals surface area contributed by atoms with E-state index in [0.717, 1.165) is 0 Å². The molecule has 0 saturated carbocycles. The molecule has 1 N–H and O–H groups in total. The van der Waals surface area contributed by atoms with Crippen LogP contribution >= 0.6 is 0 Å². The van der Waals surface area contributed by atoms with E-state index in [1.54, 1.807) is 60.9 Å². The number of rotatable bonds is 5. The van der Waals surface area contributed by atoms with Gasteiger partial charge in [0.05, 0.1) is 25.5 Å². The van der Waals surface area contributed by atoms with E-state index < -0.39 is 5.56 Å². The molecule has 0 aliphatic rings. The van der Waals surface area contributed by atoms with Crippen LogP contribution in [0.3, 0.4) is 0 Å². The molecule has 4 rings (SSSR count). The summed E-state index contributed by atoms with van der Waals surface area (Å²) in [5.74, 6) is 0.860. The standard InChI is InChI=1S/C22H18N4O4/c1-29-14-8-9-19(30-2)18(12-14)26-20(27)16-7-4-3-6-15(16)17(21(26)28)13-25-22-23-10-5-11-24-22/h3-13,28H,1-2H3/b25-13+. The van der Waals surface area contributed by atoms with Crippen LogP contribution in [0.4, 0.5) is 5.95 Å². The molecule has 30 heavy (non-hydrogen) atoms. The van der Waals surface area contributed by atoms with Crippen molar-refractivity contribution in [1.29, 1.82) is 0 Å². The number of ether oxygens (including phenoxy) is 2. The van der Waals surface area contributed by atoms with Gasteiger partial charge in [-0.2, -0.15) is 0 Å². The fourth-order valence-electron chi connectivity index (χ4n) is 3.16. The minimum Gasteiger partial charge on any atom is -0.497 e. The van der Waals surface area contributed by atoms with Gasteiger partial charge in [0, 0.05) is 35.4 Å². The molecule has 8 nitrogen and oxygen atoms in total. The molecule has 4 aromatic rings. The van der Waals surface area contributed by atoms with Gasteiger partial charge in [-0.3, -0.25) is 4.79 Å². The summed E-state index contributed by atoms with van der Waals surface area (Å²) >= 11 is 0. The zero-order valence-electron chi connectivity index (χ0n) is 16.3. The number of nitrogens with zero attached hydrogens (tertiary/aromatic N) is 4. The first-order valence-corrected chi connectivity index (χ1v) is 9.04. The topological polar surface area (TPSA) is 98.8 Å². The molecule has 150 valence electrons. The molecule has 0 spiro atoms. The van der Waals surface area contributed by atoms with Crippen LogP contribution in [0.2, 0.25) is 0 Å². The third-order valence-electron chi connectivity index (χ3n) is 4.59. The Morgan fingerprint density at radius 2 is 1.73 bits per heavy atom. The molecular weight excluding hydrogens is 384 g/mol. The number of hydrogen-bond donors (Lipinski definition) is 1. The van der Waals surface area contributed by atoms with Crippen molar-refractivity contribution in [3.8, 4) is 23.1 Å². The molecule has 0 aliphatic heterocycles. The highest BCUT2D eigenvalue weighted by Gasteiger charge is 2.19. The number of hydrogen-bond acceptors (Lipinski definition) is 7. The third kappa shape index (κ3) is 3.35. The largest absolute Gasteiger partial charge is 0.497 e. The van der Waals surface area contributed by atoms with E-state index in [1.165, 1.54) is 25.0 Å². The van der Waals surface area contributed by atoms with Gasteiger partial charge in [-0.1, -0.05) is 18.2 Å². The van der Waals surface area contributed by atoms with E-state index in [0.29, 0.717) is 33.5 Å². The van der Waals surface area contributed by atoms with Crippen LogP contribution in [0, 0.1) is 0 Å². The Balaban J connectivity index is 2.03. The Labute approximate surface area is 171 Å². The summed E-state index contributed by atoms with van der Waals surface area (Å²) < 4.78 is 11.9. The average Bonchev–Trinajstić information content (AvgIpc) is 2.79. The monoisotopic (exact) mass is 402 g/mol. The predicted octanol–water partition coefficient (Wildman–Crippen LogP) is 3.25. The van der Waals surface area contributed by atoms with E-state index in [2.05, 4.69) is 15.0 Å². The molecular formula is C22H18N4O4. The van der Waals surface area contributed by atoms with Gasteiger partial charge in [-0.15, -0.1) is 0 Å². The summed E-state index contributed by atoms with van der Waals surface area (Å²) in [5.41, 5.74) is 0.293. The van der Waals surface area contributed by atoms with E-state index in [1.807, 2.05) is 0 Å². The second kappa shape index (κ2) is 8.04. The van der Waals surface area contributed by atoms with Crippen LogP contribution in [-0.2, 0) is 0 Å². The number of benzene rings is 2. The summed E-state index contributed by atoms with van der Waals surface area (Å²) in [6.07, 6.45) is 4.58. The van der Waals surface area contributed by atoms with Gasteiger partial charge in [0.15, 0.2) is 0 Å². The fourth-order valence-corrected chi connectivity index (χ4v) is 3.16. The molecule has 0 atom stereocenters. The Morgan fingerprint density at radius 3 is 2.43 bits per heavy atom. The van der Waals surface area contributed by atoms with Crippen LogP contribution < -0.4 is 15.0 Å². The third-order valence-corrected chi connectivity index (χ3v) is 4.59. The number of aliphatic imine (C=N–C) groups is 1. The minimum absolute atomic E-state index is 0.234. The number of methoxy groups -OCH3 is 2. The number of fused-ring (bicyclic) bond motifs is 1. The molecule has 0 aliphatic carbocycles. The Hall–Kier alpha value is -4.20.